The molecule has 2 heterocycles. The normalized spacial score (nSPS) is 17.8. The average Bonchev–Trinajstić information content (AvgIpc) is 3.29. The van der Waals surface area contributed by atoms with Crippen molar-refractivity contribution in [3.8, 4) is 0 Å². The Balaban J connectivity index is 1.37. The zero-order valence-electron chi connectivity index (χ0n) is 16.3. The maximum atomic E-state index is 13.6. The topological polar surface area (TPSA) is 50.5 Å². The third kappa shape index (κ3) is 3.13. The predicted octanol–water partition coefficient (Wildman–Crippen LogP) is 4.44. The molecule has 3 aromatic rings. The zero-order valence-corrected chi connectivity index (χ0v) is 16.3. The van der Waals surface area contributed by atoms with Crippen LogP contribution in [0.4, 0.5) is 8.78 Å². The number of halogens is 2. The molecule has 150 valence electrons. The van der Waals surface area contributed by atoms with Gasteiger partial charge in [-0.1, -0.05) is 18.2 Å². The van der Waals surface area contributed by atoms with E-state index in [-0.39, 0.29) is 5.91 Å². The third-order valence-electron chi connectivity index (χ3n) is 5.53. The summed E-state index contributed by atoms with van der Waals surface area (Å²) in [4.78, 5) is 12.9. The van der Waals surface area contributed by atoms with Gasteiger partial charge >= 0.3 is 0 Å². The van der Waals surface area contributed by atoms with E-state index in [4.69, 9.17) is 0 Å². The van der Waals surface area contributed by atoms with Gasteiger partial charge in [-0.3, -0.25) is 9.48 Å². The van der Waals surface area contributed by atoms with Crippen molar-refractivity contribution in [1.29, 1.82) is 0 Å². The minimum Gasteiger partial charge on any atom is -0.267 e. The summed E-state index contributed by atoms with van der Waals surface area (Å²) in [6.45, 7) is 2.59. The zero-order chi connectivity index (χ0) is 20.8. The number of rotatable bonds is 4. The highest BCUT2D eigenvalue weighted by atomic mass is 19.1. The van der Waals surface area contributed by atoms with E-state index in [0.29, 0.717) is 30.5 Å². The molecule has 7 heteroatoms. The van der Waals surface area contributed by atoms with Gasteiger partial charge in [-0.15, -0.1) is 5.73 Å². The standard InChI is InChI=1S/C23H18F2N4O/c1-14-20-4-2-3-5-21(20)27-28(14)13-15-8-17(9-15)23(30)29-22(6-7-26-29)16-10-18(24)12-19(25)11-16/h2-5,7,10-12,22H,6,8,13H2,1H3. The number of hydrogen-bond acceptors (Lipinski definition) is 3. The second-order valence-corrected chi connectivity index (χ2v) is 7.55. The summed E-state index contributed by atoms with van der Waals surface area (Å²) >= 11 is 0. The molecule has 2 aliphatic rings. The number of carbonyl (C=O) groups is 1. The Hall–Kier alpha value is -3.57. The summed E-state index contributed by atoms with van der Waals surface area (Å²) in [7, 11) is 0. The van der Waals surface area contributed by atoms with Crippen LogP contribution in [0, 0.1) is 18.6 Å². The molecule has 5 rings (SSSR count). The Kier molecular flexibility index (Phi) is 4.33. The van der Waals surface area contributed by atoms with Gasteiger partial charge in [0.05, 0.1) is 23.7 Å². The number of hydrogen-bond donors (Lipinski definition) is 0. The minimum absolute atomic E-state index is 0.287. The van der Waals surface area contributed by atoms with Crippen LogP contribution in [0.25, 0.3) is 10.9 Å². The highest BCUT2D eigenvalue weighted by Crippen LogP contribution is 2.33. The fraction of sp³-hybridized carbons (Fsp3) is 0.217. The van der Waals surface area contributed by atoms with Crippen LogP contribution in [0.1, 0.15) is 30.1 Å². The van der Waals surface area contributed by atoms with Crippen LogP contribution in [-0.4, -0.2) is 26.9 Å². The van der Waals surface area contributed by atoms with Gasteiger partial charge in [0, 0.05) is 36.2 Å². The molecule has 1 atom stereocenters. The summed E-state index contributed by atoms with van der Waals surface area (Å²) in [6.07, 6.45) is 2.50. The Labute approximate surface area is 171 Å². The number of carbonyl (C=O) groups excluding carboxylic acids is 1. The summed E-state index contributed by atoms with van der Waals surface area (Å²) in [5.74, 6) is -1.63. The van der Waals surface area contributed by atoms with Gasteiger partial charge in [0.15, 0.2) is 0 Å². The fourth-order valence-corrected chi connectivity index (χ4v) is 3.97. The van der Waals surface area contributed by atoms with Crippen LogP contribution in [0.2, 0.25) is 0 Å². The van der Waals surface area contributed by atoms with Gasteiger partial charge in [-0.2, -0.15) is 10.2 Å². The van der Waals surface area contributed by atoms with Gasteiger partial charge in [0.25, 0.3) is 5.91 Å². The Bertz CT molecular complexity index is 1260. The molecule has 30 heavy (non-hydrogen) atoms. The lowest BCUT2D eigenvalue weighted by molar-refractivity contribution is -0.129. The SMILES string of the molecule is Cc1c2ccccc2nn1CC1=C=C(C(=O)N2N=CCC2c2cc(F)cc(F)c2)C1. The van der Waals surface area contributed by atoms with Crippen LogP contribution >= 0.6 is 0 Å². The van der Waals surface area contributed by atoms with Crippen LogP contribution in [0.5, 0.6) is 0 Å². The largest absolute Gasteiger partial charge is 0.278 e. The molecule has 0 radical (unpaired) electrons. The van der Waals surface area contributed by atoms with Crippen LogP contribution in [0.15, 0.2) is 64.4 Å². The van der Waals surface area contributed by atoms with E-state index in [1.54, 1.807) is 6.21 Å². The van der Waals surface area contributed by atoms with E-state index in [2.05, 4.69) is 15.9 Å². The number of fused-ring (bicyclic) bond motifs is 1. The molecule has 0 N–H and O–H groups in total. The Morgan fingerprint density at radius 1 is 1.20 bits per heavy atom. The van der Waals surface area contributed by atoms with Crippen molar-refractivity contribution in [1.82, 2.24) is 14.8 Å². The van der Waals surface area contributed by atoms with Crippen molar-refractivity contribution < 1.29 is 13.6 Å². The van der Waals surface area contributed by atoms with Gasteiger partial charge in [0.1, 0.15) is 11.6 Å². The van der Waals surface area contributed by atoms with Gasteiger partial charge in [-0.25, -0.2) is 13.8 Å². The van der Waals surface area contributed by atoms with E-state index in [9.17, 15) is 13.6 Å². The second kappa shape index (κ2) is 7.04. The maximum absolute atomic E-state index is 13.6. The molecule has 1 aromatic heterocycles. The van der Waals surface area contributed by atoms with E-state index in [0.717, 1.165) is 28.2 Å². The summed E-state index contributed by atoms with van der Waals surface area (Å²) in [5.41, 5.74) is 7.02. The molecular formula is C23H18F2N4O. The van der Waals surface area contributed by atoms with Crippen molar-refractivity contribution in [3.05, 3.63) is 82.2 Å². The molecule has 1 aliphatic heterocycles. The molecular weight excluding hydrogens is 386 g/mol. The maximum Gasteiger partial charge on any atom is 0.278 e. The highest BCUT2D eigenvalue weighted by molar-refractivity contribution is 5.96. The van der Waals surface area contributed by atoms with E-state index >= 15 is 0 Å². The van der Waals surface area contributed by atoms with E-state index < -0.39 is 17.7 Å². The quantitative estimate of drug-likeness (QED) is 0.604. The number of aromatic nitrogens is 2. The van der Waals surface area contributed by atoms with E-state index in [1.807, 2.05) is 35.9 Å². The lowest BCUT2D eigenvalue weighted by Gasteiger charge is -2.25. The second-order valence-electron chi connectivity index (χ2n) is 7.55. The number of benzene rings is 2. The summed E-state index contributed by atoms with van der Waals surface area (Å²) in [6, 6.07) is 10.7. The van der Waals surface area contributed by atoms with Crippen molar-refractivity contribution in [2.75, 3.05) is 0 Å². The lowest BCUT2D eigenvalue weighted by atomic mass is 9.95. The molecule has 1 aliphatic carbocycles. The molecule has 0 saturated heterocycles. The summed E-state index contributed by atoms with van der Waals surface area (Å²) in [5, 5.41) is 11.1. The number of aryl methyl sites for hydroxylation is 1. The molecule has 0 spiro atoms. The predicted molar refractivity (Wildman–Crippen MR) is 109 cm³/mol. The smallest absolute Gasteiger partial charge is 0.267 e. The van der Waals surface area contributed by atoms with Crippen LogP contribution in [0.3, 0.4) is 0 Å². The molecule has 5 nitrogen and oxygen atoms in total. The van der Waals surface area contributed by atoms with Crippen LogP contribution in [-0.2, 0) is 11.3 Å². The van der Waals surface area contributed by atoms with Crippen LogP contribution < -0.4 is 0 Å². The van der Waals surface area contributed by atoms with Crippen molar-refractivity contribution in [2.24, 2.45) is 5.10 Å². The van der Waals surface area contributed by atoms with Gasteiger partial charge in [0.2, 0.25) is 0 Å². The minimum atomic E-state index is -0.670. The van der Waals surface area contributed by atoms with Gasteiger partial charge in [-0.05, 0) is 36.3 Å². The molecule has 0 fully saturated rings. The Morgan fingerprint density at radius 3 is 2.67 bits per heavy atom. The van der Waals surface area contributed by atoms with E-state index in [1.165, 1.54) is 17.1 Å². The number of nitrogens with zero attached hydrogens (tertiary/aromatic N) is 4. The molecule has 2 aromatic carbocycles. The van der Waals surface area contributed by atoms with Crippen molar-refractivity contribution in [2.45, 2.75) is 32.4 Å². The van der Waals surface area contributed by atoms with Crippen molar-refractivity contribution >= 4 is 23.0 Å². The lowest BCUT2D eigenvalue weighted by Crippen LogP contribution is -2.30. The first-order chi connectivity index (χ1) is 14.5. The third-order valence-corrected chi connectivity index (χ3v) is 5.53. The monoisotopic (exact) mass is 404 g/mol. The summed E-state index contributed by atoms with van der Waals surface area (Å²) < 4.78 is 29.1. The molecule has 0 saturated carbocycles. The average molecular weight is 404 g/mol. The Morgan fingerprint density at radius 2 is 1.93 bits per heavy atom. The first kappa shape index (κ1) is 18.5. The first-order valence-electron chi connectivity index (χ1n) is 9.71. The molecule has 0 bridgehead atoms. The number of amides is 1. The molecule has 1 unspecified atom stereocenters. The molecule has 1 amide bonds. The number of hydrazone groups is 1. The highest BCUT2D eigenvalue weighted by Gasteiger charge is 2.33. The fourth-order valence-electron chi connectivity index (χ4n) is 3.97. The van der Waals surface area contributed by atoms with Crippen molar-refractivity contribution in [3.63, 3.8) is 0 Å². The van der Waals surface area contributed by atoms with Gasteiger partial charge < -0.3 is 0 Å². The first-order valence-corrected chi connectivity index (χ1v) is 9.71.